The van der Waals surface area contributed by atoms with Gasteiger partial charge < -0.3 is 39.1 Å². The maximum Gasteiger partial charge on any atom is 0.289 e. The summed E-state index contributed by atoms with van der Waals surface area (Å²) in [5, 5.41) is 6.21. The molecule has 2 N–H and O–H groups in total. The van der Waals surface area contributed by atoms with Crippen molar-refractivity contribution >= 4 is 52.2 Å². The van der Waals surface area contributed by atoms with E-state index in [0.29, 0.717) is 84.2 Å². The largest absolute Gasteiger partial charge is 0.493 e. The van der Waals surface area contributed by atoms with E-state index in [1.807, 2.05) is 11.1 Å². The maximum atomic E-state index is 13.1. The molecule has 13 nitrogen and oxygen atoms in total. The van der Waals surface area contributed by atoms with Crippen molar-refractivity contribution in [3.05, 3.63) is 71.6 Å². The summed E-state index contributed by atoms with van der Waals surface area (Å²) in [4.78, 5) is 59.4. The Morgan fingerprint density at radius 3 is 2.71 bits per heavy atom. The highest BCUT2D eigenvalue weighted by Crippen LogP contribution is 2.38. The van der Waals surface area contributed by atoms with Crippen LogP contribution < -0.4 is 20.1 Å². The highest BCUT2D eigenvalue weighted by atomic mass is 16.5. The van der Waals surface area contributed by atoms with E-state index >= 15 is 0 Å². The number of nitrogens with one attached hydrogen (secondary N) is 2. The number of carbonyl (C=O) groups is 4. The molecule has 13 heteroatoms. The lowest BCUT2D eigenvalue weighted by atomic mass is 10.1. The zero-order chi connectivity index (χ0) is 34.5. The Balaban J connectivity index is 0.972. The van der Waals surface area contributed by atoms with Crippen LogP contribution in [0.4, 0.5) is 11.4 Å². The minimum absolute atomic E-state index is 0.00281. The lowest BCUT2D eigenvalue weighted by Gasteiger charge is -2.25. The fraction of sp³-hybridized carbons (Fsp3) is 0.361. The number of anilines is 1. The Morgan fingerprint density at radius 2 is 1.92 bits per heavy atom. The van der Waals surface area contributed by atoms with Gasteiger partial charge in [0.15, 0.2) is 17.3 Å². The monoisotopic (exact) mass is 669 g/mol. The quantitative estimate of drug-likeness (QED) is 0.171. The molecule has 2 saturated heterocycles. The summed E-state index contributed by atoms with van der Waals surface area (Å²) in [7, 11) is 1.51. The van der Waals surface area contributed by atoms with Crippen LogP contribution >= 0.6 is 0 Å². The molecule has 49 heavy (non-hydrogen) atoms. The van der Waals surface area contributed by atoms with Crippen LogP contribution in [0.3, 0.4) is 0 Å². The molecule has 1 aromatic heterocycles. The van der Waals surface area contributed by atoms with Crippen molar-refractivity contribution in [1.29, 1.82) is 0 Å². The Labute approximate surface area is 283 Å². The summed E-state index contributed by atoms with van der Waals surface area (Å²) >= 11 is 0. The van der Waals surface area contributed by atoms with Crippen molar-refractivity contribution in [3.63, 3.8) is 0 Å². The zero-order valence-corrected chi connectivity index (χ0v) is 27.6. The van der Waals surface area contributed by atoms with Crippen LogP contribution in [0.15, 0.2) is 69.7 Å². The van der Waals surface area contributed by atoms with E-state index < -0.39 is 0 Å². The van der Waals surface area contributed by atoms with Gasteiger partial charge in [-0.05, 0) is 62.6 Å². The van der Waals surface area contributed by atoms with Gasteiger partial charge in [-0.2, -0.15) is 0 Å². The number of hydrogen-bond donors (Lipinski definition) is 2. The van der Waals surface area contributed by atoms with Gasteiger partial charge in [-0.1, -0.05) is 6.58 Å². The Morgan fingerprint density at radius 1 is 1.10 bits per heavy atom. The fourth-order valence-corrected chi connectivity index (χ4v) is 6.02. The number of rotatable bonds is 11. The molecule has 0 aliphatic carbocycles. The Kier molecular flexibility index (Phi) is 10.1. The van der Waals surface area contributed by atoms with Crippen molar-refractivity contribution in [2.75, 3.05) is 51.9 Å². The highest BCUT2D eigenvalue weighted by molar-refractivity contribution is 6.05. The first-order chi connectivity index (χ1) is 23.7. The van der Waals surface area contributed by atoms with Gasteiger partial charge >= 0.3 is 0 Å². The number of benzene rings is 2. The normalized spacial score (nSPS) is 17.3. The topological polar surface area (TPSA) is 152 Å². The maximum absolute atomic E-state index is 13.1. The third-order valence-corrected chi connectivity index (χ3v) is 8.60. The molecule has 0 unspecified atom stereocenters. The van der Waals surface area contributed by atoms with E-state index in [9.17, 15) is 19.2 Å². The molecule has 0 bridgehead atoms. The zero-order valence-electron chi connectivity index (χ0n) is 27.6. The number of allylic oxidation sites excluding steroid dienone is 1. The molecule has 4 amide bonds. The van der Waals surface area contributed by atoms with Gasteiger partial charge in [-0.25, -0.2) is 0 Å². The summed E-state index contributed by atoms with van der Waals surface area (Å²) in [5.74, 6) is 0.170. The van der Waals surface area contributed by atoms with Crippen molar-refractivity contribution in [2.45, 2.75) is 38.6 Å². The van der Waals surface area contributed by atoms with Crippen LogP contribution in [0.2, 0.25) is 0 Å². The first-order valence-corrected chi connectivity index (χ1v) is 16.3. The molecule has 3 aliphatic heterocycles. The van der Waals surface area contributed by atoms with E-state index in [1.165, 1.54) is 13.2 Å². The second-order valence-corrected chi connectivity index (χ2v) is 12.1. The number of nitrogens with zero attached hydrogens (tertiary/aromatic N) is 3. The summed E-state index contributed by atoms with van der Waals surface area (Å²) in [5.41, 5.74) is 2.67. The van der Waals surface area contributed by atoms with E-state index in [4.69, 9.17) is 18.6 Å². The van der Waals surface area contributed by atoms with Gasteiger partial charge in [0.25, 0.3) is 17.7 Å². The number of carbonyl (C=O) groups excluding carboxylic acids is 4. The van der Waals surface area contributed by atoms with Crippen LogP contribution in [-0.2, 0) is 14.3 Å². The average Bonchev–Trinajstić information content (AvgIpc) is 3.73. The SMILES string of the molecule is C=C(/C=C(\C)C(=O)Nc1ccc2oc(C(=O)N3CCOCC3)cc2c1)NC(=O)CCCOc1cc2c(cc1OC)C(=O)N1CCC[C@H]1C=N2. The fourth-order valence-electron chi connectivity index (χ4n) is 6.02. The van der Waals surface area contributed by atoms with Gasteiger partial charge in [-0.3, -0.25) is 24.2 Å². The van der Waals surface area contributed by atoms with Crippen LogP contribution in [0.25, 0.3) is 11.0 Å². The Bertz CT molecular complexity index is 1850. The number of methoxy groups -OCH3 is 1. The van der Waals surface area contributed by atoms with Gasteiger partial charge in [0, 0.05) is 60.7 Å². The van der Waals surface area contributed by atoms with Gasteiger partial charge in [0.1, 0.15) is 5.58 Å². The summed E-state index contributed by atoms with van der Waals surface area (Å²) in [6.07, 6.45) is 5.71. The number of furan rings is 1. The summed E-state index contributed by atoms with van der Waals surface area (Å²) < 4.78 is 22.5. The van der Waals surface area contributed by atoms with Crippen LogP contribution in [0.5, 0.6) is 11.5 Å². The molecular weight excluding hydrogens is 630 g/mol. The van der Waals surface area contributed by atoms with Crippen molar-refractivity contribution < 1.29 is 37.8 Å². The average molecular weight is 670 g/mol. The number of amides is 4. The molecule has 3 aliphatic rings. The van der Waals surface area contributed by atoms with E-state index in [2.05, 4.69) is 22.2 Å². The van der Waals surface area contributed by atoms with Crippen molar-refractivity contribution in [2.24, 2.45) is 4.99 Å². The summed E-state index contributed by atoms with van der Waals surface area (Å²) in [6, 6.07) is 10.1. The van der Waals surface area contributed by atoms with Crippen LogP contribution in [0, 0.1) is 0 Å². The van der Waals surface area contributed by atoms with Crippen molar-refractivity contribution in [1.82, 2.24) is 15.1 Å². The third-order valence-electron chi connectivity index (χ3n) is 8.60. The first kappa shape index (κ1) is 33.5. The van der Waals surface area contributed by atoms with Crippen LogP contribution in [0.1, 0.15) is 53.5 Å². The smallest absolute Gasteiger partial charge is 0.289 e. The van der Waals surface area contributed by atoms with Crippen LogP contribution in [-0.4, -0.2) is 92.2 Å². The van der Waals surface area contributed by atoms with E-state index in [1.54, 1.807) is 48.2 Å². The molecule has 4 heterocycles. The molecule has 3 aromatic rings. The lowest BCUT2D eigenvalue weighted by Crippen LogP contribution is -2.40. The highest BCUT2D eigenvalue weighted by Gasteiger charge is 2.32. The van der Waals surface area contributed by atoms with E-state index in [-0.39, 0.29) is 54.2 Å². The molecule has 0 radical (unpaired) electrons. The van der Waals surface area contributed by atoms with Gasteiger partial charge in [0.2, 0.25) is 5.91 Å². The number of fused-ring (bicyclic) bond motifs is 3. The number of hydrogen-bond acceptors (Lipinski definition) is 9. The van der Waals surface area contributed by atoms with Gasteiger partial charge in [0.05, 0.1) is 44.2 Å². The second kappa shape index (κ2) is 14.8. The molecular formula is C36H39N5O8. The molecule has 0 saturated carbocycles. The predicted molar refractivity (Wildman–Crippen MR) is 183 cm³/mol. The molecule has 0 spiro atoms. The molecule has 2 aromatic carbocycles. The summed E-state index contributed by atoms with van der Waals surface area (Å²) in [6.45, 7) is 8.41. The number of morpholine rings is 1. The van der Waals surface area contributed by atoms with E-state index in [0.717, 1.165) is 12.8 Å². The Hall–Kier alpha value is -5.43. The minimum Gasteiger partial charge on any atom is -0.493 e. The number of ether oxygens (including phenoxy) is 3. The lowest BCUT2D eigenvalue weighted by molar-refractivity contribution is -0.120. The number of aliphatic imine (C=N–C) groups is 1. The second-order valence-electron chi connectivity index (χ2n) is 12.1. The predicted octanol–water partition coefficient (Wildman–Crippen LogP) is 4.61. The van der Waals surface area contributed by atoms with Gasteiger partial charge in [-0.15, -0.1) is 0 Å². The standard InChI is InChI=1S/C36H39N5O8/c1-22(34(43)39-25-8-9-29-24(17-25)18-32(49-29)36(45)40-11-14-47-15-12-40)16-23(2)38-33(42)7-5-13-48-31-20-28-27(19-30(31)46-3)35(44)41-10-4-6-26(41)21-37-28/h8-9,16-21,26H,2,4-7,10-15H2,1,3H3,(H,38,42)(H,39,43)/b22-16+/t26-/m0/s1. The molecule has 1 atom stereocenters. The molecule has 6 rings (SSSR count). The third kappa shape index (κ3) is 7.67. The van der Waals surface area contributed by atoms with Crippen molar-refractivity contribution in [3.8, 4) is 11.5 Å². The molecule has 2 fully saturated rings. The first-order valence-electron chi connectivity index (χ1n) is 16.3. The molecule has 256 valence electrons. The minimum atomic E-state index is -0.377.